The van der Waals surface area contributed by atoms with Gasteiger partial charge in [-0.2, -0.15) is 0 Å². The lowest BCUT2D eigenvalue weighted by Gasteiger charge is -2.10. The highest BCUT2D eigenvalue weighted by atomic mass is 35.5. The van der Waals surface area contributed by atoms with Gasteiger partial charge in [0.05, 0.1) is 5.02 Å². The Morgan fingerprint density at radius 1 is 0.964 bits per heavy atom. The lowest BCUT2D eigenvalue weighted by atomic mass is 10.2. The molecule has 0 fully saturated rings. The van der Waals surface area contributed by atoms with Gasteiger partial charge < -0.3 is 11.5 Å². The number of imidazole rings is 1. The average molecular weight is 436 g/mol. The van der Waals surface area contributed by atoms with E-state index >= 15 is 0 Å². The first kappa shape index (κ1) is 20.4. The standard InChI is InChI=1S/C17H10Cl3N5.C2H7N/c18-9-1-4-11(5-2-9)25-16(12-6-3-10(19)7-13(12)20)24-14-15(21)22-8-23-17(14)25;1-2-3/h1-8H,(H2,21,22,23);2-3H2,1H3. The van der Waals surface area contributed by atoms with E-state index in [1.165, 1.54) is 6.33 Å². The minimum atomic E-state index is 0.295. The molecule has 9 heteroatoms. The number of fused-ring (bicyclic) bond motifs is 1. The smallest absolute Gasteiger partial charge is 0.170 e. The normalized spacial score (nSPS) is 10.6. The predicted octanol–water partition coefficient (Wildman–Crippen LogP) is 4.99. The molecule has 4 N–H and O–H groups in total. The molecule has 2 heterocycles. The van der Waals surface area contributed by atoms with Crippen LogP contribution in [0.2, 0.25) is 15.1 Å². The molecule has 4 aromatic rings. The fraction of sp³-hybridized carbons (Fsp3) is 0.105. The van der Waals surface area contributed by atoms with Crippen LogP contribution in [0.4, 0.5) is 5.82 Å². The summed E-state index contributed by atoms with van der Waals surface area (Å²) in [5.41, 5.74) is 13.4. The Labute approximate surface area is 177 Å². The van der Waals surface area contributed by atoms with Crippen LogP contribution in [0.15, 0.2) is 48.8 Å². The molecule has 2 aromatic carbocycles. The minimum Gasteiger partial charge on any atom is -0.382 e. The zero-order chi connectivity index (χ0) is 20.3. The number of anilines is 1. The van der Waals surface area contributed by atoms with E-state index in [4.69, 9.17) is 46.3 Å². The molecule has 4 rings (SSSR count). The third-order valence-corrected chi connectivity index (χ3v) is 4.53. The second kappa shape index (κ2) is 8.75. The minimum absolute atomic E-state index is 0.295. The molecule has 0 saturated heterocycles. The molecule has 0 atom stereocenters. The van der Waals surface area contributed by atoms with Gasteiger partial charge in [0.2, 0.25) is 0 Å². The number of hydrogen-bond donors (Lipinski definition) is 2. The Bertz CT molecular complexity index is 1110. The lowest BCUT2D eigenvalue weighted by molar-refractivity contribution is 1.07. The van der Waals surface area contributed by atoms with Crippen molar-refractivity contribution in [3.63, 3.8) is 0 Å². The molecule has 0 aliphatic carbocycles. The molecule has 2 aromatic heterocycles. The highest BCUT2D eigenvalue weighted by Crippen LogP contribution is 2.34. The van der Waals surface area contributed by atoms with Crippen LogP contribution in [0, 0.1) is 0 Å². The molecule has 0 bridgehead atoms. The number of aromatic nitrogens is 4. The van der Waals surface area contributed by atoms with Crippen molar-refractivity contribution in [1.82, 2.24) is 19.5 Å². The van der Waals surface area contributed by atoms with Gasteiger partial charge in [0.15, 0.2) is 17.0 Å². The Morgan fingerprint density at radius 2 is 1.61 bits per heavy atom. The number of benzene rings is 2. The van der Waals surface area contributed by atoms with Crippen molar-refractivity contribution in [2.24, 2.45) is 5.73 Å². The van der Waals surface area contributed by atoms with Crippen LogP contribution in [0.3, 0.4) is 0 Å². The molecular formula is C19H17Cl3N6. The number of rotatable bonds is 2. The summed E-state index contributed by atoms with van der Waals surface area (Å²) in [5.74, 6) is 0.884. The second-order valence-corrected chi connectivity index (χ2v) is 6.99. The molecule has 6 nitrogen and oxygen atoms in total. The summed E-state index contributed by atoms with van der Waals surface area (Å²) in [5, 5.41) is 1.65. The molecule has 0 unspecified atom stereocenters. The molecule has 144 valence electrons. The first-order valence-electron chi connectivity index (χ1n) is 8.36. The SMILES string of the molecule is CCN.Nc1ncnc2c1nc(-c1ccc(Cl)cc1Cl)n2-c1ccc(Cl)cc1. The van der Waals surface area contributed by atoms with Gasteiger partial charge in [-0.1, -0.05) is 41.7 Å². The van der Waals surface area contributed by atoms with Crippen molar-refractivity contribution in [2.75, 3.05) is 12.3 Å². The largest absolute Gasteiger partial charge is 0.382 e. The predicted molar refractivity (Wildman–Crippen MR) is 116 cm³/mol. The summed E-state index contributed by atoms with van der Waals surface area (Å²) in [6, 6.07) is 12.6. The molecule has 28 heavy (non-hydrogen) atoms. The van der Waals surface area contributed by atoms with Gasteiger partial charge in [0.25, 0.3) is 0 Å². The molecule has 0 saturated carbocycles. The quantitative estimate of drug-likeness (QED) is 0.462. The summed E-state index contributed by atoms with van der Waals surface area (Å²) in [4.78, 5) is 13.0. The van der Waals surface area contributed by atoms with Gasteiger partial charge in [-0.3, -0.25) is 4.57 Å². The topological polar surface area (TPSA) is 95.6 Å². The van der Waals surface area contributed by atoms with Crippen LogP contribution in [0.1, 0.15) is 6.92 Å². The van der Waals surface area contributed by atoms with Gasteiger partial charge in [0, 0.05) is 21.3 Å². The van der Waals surface area contributed by atoms with Crippen LogP contribution in [-0.4, -0.2) is 26.1 Å². The maximum absolute atomic E-state index is 6.39. The molecule has 0 spiro atoms. The van der Waals surface area contributed by atoms with E-state index in [2.05, 4.69) is 15.0 Å². The van der Waals surface area contributed by atoms with Crippen LogP contribution in [0.25, 0.3) is 28.2 Å². The van der Waals surface area contributed by atoms with E-state index in [-0.39, 0.29) is 0 Å². The number of nitrogens with zero attached hydrogens (tertiary/aromatic N) is 4. The van der Waals surface area contributed by atoms with Gasteiger partial charge >= 0.3 is 0 Å². The number of halogens is 3. The summed E-state index contributed by atoms with van der Waals surface area (Å²) in [6.45, 7) is 2.65. The van der Waals surface area contributed by atoms with Crippen molar-refractivity contribution in [2.45, 2.75) is 6.92 Å². The van der Waals surface area contributed by atoms with Crippen LogP contribution in [0.5, 0.6) is 0 Å². The Kier molecular flexibility index (Phi) is 6.36. The summed E-state index contributed by atoms with van der Waals surface area (Å²) < 4.78 is 1.86. The van der Waals surface area contributed by atoms with E-state index in [0.29, 0.717) is 43.4 Å². The van der Waals surface area contributed by atoms with Gasteiger partial charge in [0.1, 0.15) is 12.2 Å². The van der Waals surface area contributed by atoms with Gasteiger partial charge in [-0.05, 0) is 49.0 Å². The fourth-order valence-electron chi connectivity index (χ4n) is 2.60. The summed E-state index contributed by atoms with van der Waals surface area (Å²) in [7, 11) is 0. The first-order valence-corrected chi connectivity index (χ1v) is 9.50. The van der Waals surface area contributed by atoms with Gasteiger partial charge in [-0.25, -0.2) is 15.0 Å². The maximum atomic E-state index is 6.39. The maximum Gasteiger partial charge on any atom is 0.170 e. The van der Waals surface area contributed by atoms with Crippen LogP contribution < -0.4 is 11.5 Å². The molecule has 0 aliphatic heterocycles. The number of nitrogens with two attached hydrogens (primary N) is 2. The number of nitrogen functional groups attached to an aromatic ring is 1. The highest BCUT2D eigenvalue weighted by Gasteiger charge is 2.19. The van der Waals surface area contributed by atoms with Crippen molar-refractivity contribution < 1.29 is 0 Å². The van der Waals surface area contributed by atoms with E-state index < -0.39 is 0 Å². The van der Waals surface area contributed by atoms with Crippen molar-refractivity contribution in [3.05, 3.63) is 63.9 Å². The van der Waals surface area contributed by atoms with Crippen LogP contribution in [-0.2, 0) is 0 Å². The highest BCUT2D eigenvalue weighted by molar-refractivity contribution is 6.36. The van der Waals surface area contributed by atoms with E-state index in [1.54, 1.807) is 24.3 Å². The third-order valence-electron chi connectivity index (χ3n) is 3.73. The monoisotopic (exact) mass is 434 g/mol. The molecular weight excluding hydrogens is 419 g/mol. The first-order chi connectivity index (χ1) is 13.5. The van der Waals surface area contributed by atoms with Gasteiger partial charge in [-0.15, -0.1) is 0 Å². The van der Waals surface area contributed by atoms with E-state index in [9.17, 15) is 0 Å². The van der Waals surface area contributed by atoms with Crippen molar-refractivity contribution >= 4 is 51.8 Å². The van der Waals surface area contributed by atoms with E-state index in [0.717, 1.165) is 12.2 Å². The fourth-order valence-corrected chi connectivity index (χ4v) is 3.21. The second-order valence-electron chi connectivity index (χ2n) is 5.71. The van der Waals surface area contributed by atoms with Crippen molar-refractivity contribution in [1.29, 1.82) is 0 Å². The zero-order valence-corrected chi connectivity index (χ0v) is 17.2. The zero-order valence-electron chi connectivity index (χ0n) is 14.9. The molecule has 0 radical (unpaired) electrons. The molecule has 0 amide bonds. The Morgan fingerprint density at radius 3 is 2.25 bits per heavy atom. The summed E-state index contributed by atoms with van der Waals surface area (Å²) >= 11 is 18.4. The molecule has 0 aliphatic rings. The Hall–Kier alpha value is -2.38. The third kappa shape index (κ3) is 4.05. The summed E-state index contributed by atoms with van der Waals surface area (Å²) in [6.07, 6.45) is 1.40. The van der Waals surface area contributed by atoms with E-state index in [1.807, 2.05) is 29.7 Å². The number of hydrogen-bond acceptors (Lipinski definition) is 5. The average Bonchev–Trinajstić information content (AvgIpc) is 3.04. The Balaban J connectivity index is 0.000000706. The lowest BCUT2D eigenvalue weighted by Crippen LogP contribution is -1.99. The van der Waals surface area contributed by atoms with Crippen molar-refractivity contribution in [3.8, 4) is 17.1 Å². The van der Waals surface area contributed by atoms with Crippen LogP contribution >= 0.6 is 34.8 Å².